The fourth-order valence-corrected chi connectivity index (χ4v) is 3.87. The van der Waals surface area contributed by atoms with Crippen LogP contribution in [-0.4, -0.2) is 34.6 Å². The predicted molar refractivity (Wildman–Crippen MR) is 100 cm³/mol. The van der Waals surface area contributed by atoms with Crippen molar-refractivity contribution in [3.05, 3.63) is 59.2 Å². The number of esters is 2. The van der Waals surface area contributed by atoms with Gasteiger partial charge in [0.25, 0.3) is 10.0 Å². The molecule has 27 heavy (non-hydrogen) atoms. The summed E-state index contributed by atoms with van der Waals surface area (Å²) in [4.78, 5) is 23.5. The minimum absolute atomic E-state index is 0.00247. The first-order valence-corrected chi connectivity index (χ1v) is 9.62. The van der Waals surface area contributed by atoms with Crippen LogP contribution in [-0.2, 0) is 19.5 Å². The monoisotopic (exact) mass is 391 g/mol. The van der Waals surface area contributed by atoms with Gasteiger partial charge in [-0.05, 0) is 35.7 Å². The number of sulfonamides is 1. The van der Waals surface area contributed by atoms with Gasteiger partial charge in [0, 0.05) is 0 Å². The molecule has 0 aliphatic rings. The number of carbonyl (C=O) groups is 2. The van der Waals surface area contributed by atoms with Crippen molar-refractivity contribution in [2.75, 3.05) is 18.9 Å². The molecule has 0 spiro atoms. The minimum atomic E-state index is -4.18. The fourth-order valence-electron chi connectivity index (χ4n) is 2.56. The van der Waals surface area contributed by atoms with Crippen LogP contribution in [0, 0.1) is 0 Å². The van der Waals surface area contributed by atoms with Gasteiger partial charge in [-0.3, -0.25) is 4.72 Å². The summed E-state index contributed by atoms with van der Waals surface area (Å²) < 4.78 is 37.8. The van der Waals surface area contributed by atoms with E-state index in [4.69, 9.17) is 0 Å². The van der Waals surface area contributed by atoms with Gasteiger partial charge in [-0.25, -0.2) is 18.0 Å². The normalized spacial score (nSPS) is 11.1. The topological polar surface area (TPSA) is 98.8 Å². The van der Waals surface area contributed by atoms with Crippen molar-refractivity contribution in [3.63, 3.8) is 0 Å². The summed E-state index contributed by atoms with van der Waals surface area (Å²) in [7, 11) is -1.85. The highest BCUT2D eigenvalue weighted by atomic mass is 32.2. The highest BCUT2D eigenvalue weighted by Crippen LogP contribution is 2.28. The molecule has 8 heteroatoms. The van der Waals surface area contributed by atoms with Crippen LogP contribution >= 0.6 is 0 Å². The van der Waals surface area contributed by atoms with E-state index < -0.39 is 22.0 Å². The molecule has 2 rings (SSSR count). The number of benzene rings is 2. The van der Waals surface area contributed by atoms with Crippen LogP contribution in [0.15, 0.2) is 47.4 Å². The van der Waals surface area contributed by atoms with Crippen molar-refractivity contribution in [1.29, 1.82) is 0 Å². The van der Waals surface area contributed by atoms with E-state index >= 15 is 0 Å². The summed E-state index contributed by atoms with van der Waals surface area (Å²) in [6.45, 7) is 3.87. The van der Waals surface area contributed by atoms with Crippen LogP contribution in [0.3, 0.4) is 0 Å². The van der Waals surface area contributed by atoms with E-state index in [1.54, 1.807) is 12.1 Å². The Morgan fingerprint density at radius 2 is 1.59 bits per heavy atom. The summed E-state index contributed by atoms with van der Waals surface area (Å²) >= 11 is 0. The van der Waals surface area contributed by atoms with Gasteiger partial charge in [0.05, 0.1) is 31.0 Å². The number of rotatable bonds is 6. The molecule has 0 saturated carbocycles. The first-order chi connectivity index (χ1) is 12.7. The van der Waals surface area contributed by atoms with Gasteiger partial charge in [-0.15, -0.1) is 0 Å². The molecule has 0 atom stereocenters. The number of anilines is 1. The fraction of sp³-hybridized carbons (Fsp3) is 0.263. The quantitative estimate of drug-likeness (QED) is 0.760. The summed E-state index contributed by atoms with van der Waals surface area (Å²) in [6, 6.07) is 10.6. The van der Waals surface area contributed by atoms with Crippen molar-refractivity contribution in [2.24, 2.45) is 0 Å². The van der Waals surface area contributed by atoms with Crippen molar-refractivity contribution in [1.82, 2.24) is 0 Å². The SMILES string of the molecule is COC(=O)c1ccc(C(=O)OC)c(S(=O)(=O)Nc2ccccc2C(C)C)c1. The Bertz CT molecular complexity index is 966. The molecule has 1 N–H and O–H groups in total. The Morgan fingerprint density at radius 3 is 2.19 bits per heavy atom. The van der Waals surface area contributed by atoms with Gasteiger partial charge >= 0.3 is 11.9 Å². The molecule has 2 aromatic rings. The lowest BCUT2D eigenvalue weighted by Crippen LogP contribution is -2.19. The number of methoxy groups -OCH3 is 2. The Hall–Kier alpha value is -2.87. The summed E-state index contributed by atoms with van der Waals surface area (Å²) in [5.74, 6) is -1.47. The zero-order chi connectivity index (χ0) is 20.2. The summed E-state index contributed by atoms with van der Waals surface area (Å²) in [6.07, 6.45) is 0. The summed E-state index contributed by atoms with van der Waals surface area (Å²) in [5.41, 5.74) is 1.01. The molecular weight excluding hydrogens is 370 g/mol. The molecule has 0 unspecified atom stereocenters. The van der Waals surface area contributed by atoms with E-state index in [0.717, 1.165) is 18.7 Å². The second-order valence-corrected chi connectivity index (χ2v) is 7.69. The van der Waals surface area contributed by atoms with Crippen LogP contribution in [0.2, 0.25) is 0 Å². The highest BCUT2D eigenvalue weighted by molar-refractivity contribution is 7.92. The first kappa shape index (κ1) is 20.4. The Labute approximate surface area is 158 Å². The first-order valence-electron chi connectivity index (χ1n) is 8.13. The number of ether oxygens (including phenoxy) is 2. The van der Waals surface area contributed by atoms with E-state index in [2.05, 4.69) is 14.2 Å². The third kappa shape index (κ3) is 4.46. The van der Waals surface area contributed by atoms with Crippen molar-refractivity contribution >= 4 is 27.6 Å². The van der Waals surface area contributed by atoms with Gasteiger partial charge < -0.3 is 9.47 Å². The molecule has 0 saturated heterocycles. The number of para-hydroxylation sites is 1. The Kier molecular flexibility index (Phi) is 6.22. The van der Waals surface area contributed by atoms with Crippen LogP contribution in [0.1, 0.15) is 46.0 Å². The third-order valence-corrected chi connectivity index (χ3v) is 5.33. The lowest BCUT2D eigenvalue weighted by atomic mass is 10.0. The maximum absolute atomic E-state index is 13.0. The third-order valence-electron chi connectivity index (χ3n) is 3.92. The number of carbonyl (C=O) groups excluding carboxylic acids is 2. The van der Waals surface area contributed by atoms with Gasteiger partial charge in [0.1, 0.15) is 4.90 Å². The van der Waals surface area contributed by atoms with Gasteiger partial charge in [0.15, 0.2) is 0 Å². The van der Waals surface area contributed by atoms with Crippen LogP contribution in [0.4, 0.5) is 5.69 Å². The molecule has 0 aromatic heterocycles. The predicted octanol–water partition coefficient (Wildman–Crippen LogP) is 3.18. The van der Waals surface area contributed by atoms with E-state index in [1.165, 1.54) is 19.2 Å². The van der Waals surface area contributed by atoms with Crippen molar-refractivity contribution in [2.45, 2.75) is 24.7 Å². The molecule has 0 heterocycles. The van der Waals surface area contributed by atoms with Crippen molar-refractivity contribution in [3.8, 4) is 0 Å². The van der Waals surface area contributed by atoms with E-state index in [1.807, 2.05) is 26.0 Å². The standard InChI is InChI=1S/C19H21NO6S/c1-12(2)14-7-5-6-8-16(14)20-27(23,24)17-11-13(18(21)25-3)9-10-15(17)19(22)26-4/h5-12,20H,1-4H3. The average molecular weight is 391 g/mol. The second kappa shape index (κ2) is 8.22. The van der Waals surface area contributed by atoms with E-state index in [0.29, 0.717) is 5.69 Å². The Balaban J connectivity index is 2.60. The molecule has 0 radical (unpaired) electrons. The molecule has 0 aliphatic heterocycles. The molecule has 0 fully saturated rings. The molecule has 144 valence electrons. The Morgan fingerprint density at radius 1 is 0.963 bits per heavy atom. The number of hydrogen-bond donors (Lipinski definition) is 1. The zero-order valence-corrected chi connectivity index (χ0v) is 16.3. The van der Waals surface area contributed by atoms with E-state index in [9.17, 15) is 18.0 Å². The zero-order valence-electron chi connectivity index (χ0n) is 15.5. The molecular formula is C19H21NO6S. The number of hydrogen-bond acceptors (Lipinski definition) is 6. The molecule has 0 aliphatic carbocycles. The van der Waals surface area contributed by atoms with Crippen LogP contribution < -0.4 is 4.72 Å². The largest absolute Gasteiger partial charge is 0.465 e. The van der Waals surface area contributed by atoms with E-state index in [-0.39, 0.29) is 21.9 Å². The number of nitrogens with one attached hydrogen (secondary N) is 1. The van der Waals surface area contributed by atoms with Gasteiger partial charge in [-0.2, -0.15) is 0 Å². The van der Waals surface area contributed by atoms with Gasteiger partial charge in [-0.1, -0.05) is 32.0 Å². The highest BCUT2D eigenvalue weighted by Gasteiger charge is 2.26. The van der Waals surface area contributed by atoms with Crippen molar-refractivity contribution < 1.29 is 27.5 Å². The molecule has 0 amide bonds. The average Bonchev–Trinajstić information content (AvgIpc) is 2.66. The van der Waals surface area contributed by atoms with Gasteiger partial charge in [0.2, 0.25) is 0 Å². The molecule has 0 bridgehead atoms. The molecule has 2 aromatic carbocycles. The summed E-state index contributed by atoms with van der Waals surface area (Å²) in [5, 5.41) is 0. The smallest absolute Gasteiger partial charge is 0.339 e. The lowest BCUT2D eigenvalue weighted by molar-refractivity contribution is 0.0583. The maximum Gasteiger partial charge on any atom is 0.339 e. The second-order valence-electron chi connectivity index (χ2n) is 6.04. The maximum atomic E-state index is 13.0. The lowest BCUT2D eigenvalue weighted by Gasteiger charge is -2.16. The van der Waals surface area contributed by atoms with Crippen LogP contribution in [0.25, 0.3) is 0 Å². The molecule has 7 nitrogen and oxygen atoms in total. The van der Waals surface area contributed by atoms with Crippen LogP contribution in [0.5, 0.6) is 0 Å². The minimum Gasteiger partial charge on any atom is -0.465 e.